The third-order valence-electron chi connectivity index (χ3n) is 3.85. The fourth-order valence-corrected chi connectivity index (χ4v) is 4.35. The SMILES string of the molecule is Cc1cc(C)cc(NS(=O)(=O)c2ccc(NC(=O)C=Cc3cccs3)cc2)c1. The topological polar surface area (TPSA) is 75.3 Å². The smallest absolute Gasteiger partial charge is 0.261 e. The molecule has 0 saturated heterocycles. The molecule has 3 aromatic rings. The number of rotatable bonds is 6. The molecule has 1 aromatic heterocycles. The second-order valence-corrected chi connectivity index (χ2v) is 9.01. The van der Waals surface area contributed by atoms with Crippen LogP contribution in [0.1, 0.15) is 16.0 Å². The monoisotopic (exact) mass is 412 g/mol. The quantitative estimate of drug-likeness (QED) is 0.570. The van der Waals surface area contributed by atoms with Gasteiger partial charge >= 0.3 is 0 Å². The van der Waals surface area contributed by atoms with Crippen molar-refractivity contribution in [2.24, 2.45) is 0 Å². The van der Waals surface area contributed by atoms with Gasteiger partial charge < -0.3 is 5.32 Å². The summed E-state index contributed by atoms with van der Waals surface area (Å²) in [7, 11) is -3.71. The highest BCUT2D eigenvalue weighted by atomic mass is 32.2. The number of aryl methyl sites for hydroxylation is 2. The Bertz CT molecular complexity index is 1080. The Hall–Kier alpha value is -2.90. The van der Waals surface area contributed by atoms with E-state index >= 15 is 0 Å². The van der Waals surface area contributed by atoms with Crippen LogP contribution < -0.4 is 10.0 Å². The van der Waals surface area contributed by atoms with Gasteiger partial charge in [0.1, 0.15) is 0 Å². The molecule has 0 unspecified atom stereocenters. The molecule has 1 heterocycles. The van der Waals surface area contributed by atoms with Crippen LogP contribution in [-0.2, 0) is 14.8 Å². The summed E-state index contributed by atoms with van der Waals surface area (Å²) in [5.74, 6) is -0.280. The van der Waals surface area contributed by atoms with Crippen molar-refractivity contribution in [1.82, 2.24) is 0 Å². The summed E-state index contributed by atoms with van der Waals surface area (Å²) in [5.41, 5.74) is 3.00. The molecule has 3 rings (SSSR count). The summed E-state index contributed by atoms with van der Waals surface area (Å²) in [4.78, 5) is 13.1. The maximum Gasteiger partial charge on any atom is 0.261 e. The van der Waals surface area contributed by atoms with Crippen LogP contribution in [0.15, 0.2) is 70.9 Å². The molecule has 0 aliphatic heterocycles. The molecule has 0 saturated carbocycles. The van der Waals surface area contributed by atoms with E-state index < -0.39 is 10.0 Å². The van der Waals surface area contributed by atoms with Crippen LogP contribution in [0, 0.1) is 13.8 Å². The van der Waals surface area contributed by atoms with Crippen molar-refractivity contribution in [2.75, 3.05) is 10.0 Å². The van der Waals surface area contributed by atoms with Gasteiger partial charge in [0.2, 0.25) is 5.91 Å². The summed E-state index contributed by atoms with van der Waals surface area (Å²) < 4.78 is 27.8. The molecule has 2 N–H and O–H groups in total. The lowest BCUT2D eigenvalue weighted by Crippen LogP contribution is -2.13. The largest absolute Gasteiger partial charge is 0.323 e. The van der Waals surface area contributed by atoms with Gasteiger partial charge in [-0.25, -0.2) is 8.42 Å². The zero-order valence-corrected chi connectivity index (χ0v) is 17.1. The van der Waals surface area contributed by atoms with Gasteiger partial charge in [-0.2, -0.15) is 0 Å². The molecular weight excluding hydrogens is 392 g/mol. The zero-order chi connectivity index (χ0) is 20.1. The average molecular weight is 413 g/mol. The summed E-state index contributed by atoms with van der Waals surface area (Å²) in [6, 6.07) is 15.4. The highest BCUT2D eigenvalue weighted by molar-refractivity contribution is 7.92. The van der Waals surface area contributed by atoms with E-state index in [0.717, 1.165) is 16.0 Å². The minimum absolute atomic E-state index is 0.124. The van der Waals surface area contributed by atoms with Crippen molar-refractivity contribution in [2.45, 2.75) is 18.7 Å². The van der Waals surface area contributed by atoms with E-state index in [-0.39, 0.29) is 10.8 Å². The molecule has 0 radical (unpaired) electrons. The number of amides is 1. The van der Waals surface area contributed by atoms with E-state index in [2.05, 4.69) is 10.0 Å². The Morgan fingerprint density at radius 2 is 1.64 bits per heavy atom. The summed E-state index contributed by atoms with van der Waals surface area (Å²) >= 11 is 1.54. The fourth-order valence-electron chi connectivity index (χ4n) is 2.69. The van der Waals surface area contributed by atoms with E-state index in [1.54, 1.807) is 30.3 Å². The number of anilines is 2. The molecule has 0 bridgehead atoms. The minimum atomic E-state index is -3.71. The zero-order valence-electron chi connectivity index (χ0n) is 15.5. The molecule has 7 heteroatoms. The Morgan fingerprint density at radius 3 is 2.25 bits per heavy atom. The van der Waals surface area contributed by atoms with E-state index in [1.807, 2.05) is 37.4 Å². The number of carbonyl (C=O) groups is 1. The number of sulfonamides is 1. The first-order valence-electron chi connectivity index (χ1n) is 8.55. The second kappa shape index (κ2) is 8.41. The van der Waals surface area contributed by atoms with Crippen LogP contribution in [0.4, 0.5) is 11.4 Å². The molecular formula is C21H20N2O3S2. The molecule has 0 atom stereocenters. The average Bonchev–Trinajstić information content (AvgIpc) is 3.13. The number of nitrogens with one attached hydrogen (secondary N) is 2. The van der Waals surface area contributed by atoms with Gasteiger partial charge in [0, 0.05) is 22.3 Å². The van der Waals surface area contributed by atoms with Gasteiger partial charge in [-0.3, -0.25) is 9.52 Å². The van der Waals surface area contributed by atoms with Gasteiger partial charge in [0.05, 0.1) is 4.90 Å². The molecule has 0 aliphatic carbocycles. The first kappa shape index (κ1) is 19.9. The van der Waals surface area contributed by atoms with Gasteiger partial charge in [-0.15, -0.1) is 11.3 Å². The van der Waals surface area contributed by atoms with Crippen LogP contribution in [0.5, 0.6) is 0 Å². The number of benzene rings is 2. The number of thiophene rings is 1. The predicted octanol–water partition coefficient (Wildman–Crippen LogP) is 4.82. The Balaban J connectivity index is 1.68. The van der Waals surface area contributed by atoms with E-state index in [9.17, 15) is 13.2 Å². The van der Waals surface area contributed by atoms with Crippen LogP contribution >= 0.6 is 11.3 Å². The van der Waals surface area contributed by atoms with E-state index in [4.69, 9.17) is 0 Å². The summed E-state index contributed by atoms with van der Waals surface area (Å²) in [6.07, 6.45) is 3.17. The normalized spacial score (nSPS) is 11.5. The van der Waals surface area contributed by atoms with Crippen molar-refractivity contribution in [1.29, 1.82) is 0 Å². The van der Waals surface area contributed by atoms with E-state index in [1.165, 1.54) is 29.5 Å². The van der Waals surface area contributed by atoms with Crippen LogP contribution in [-0.4, -0.2) is 14.3 Å². The Kier molecular flexibility index (Phi) is 5.96. The highest BCUT2D eigenvalue weighted by Gasteiger charge is 2.14. The highest BCUT2D eigenvalue weighted by Crippen LogP contribution is 2.20. The van der Waals surface area contributed by atoms with Gasteiger partial charge in [0.25, 0.3) is 10.0 Å². The summed E-state index contributed by atoms with van der Waals surface area (Å²) in [6.45, 7) is 3.82. The molecule has 1 amide bonds. The fraction of sp³-hybridized carbons (Fsp3) is 0.0952. The minimum Gasteiger partial charge on any atom is -0.323 e. The Labute approximate surface area is 168 Å². The van der Waals surface area contributed by atoms with E-state index in [0.29, 0.717) is 11.4 Å². The van der Waals surface area contributed by atoms with Gasteiger partial charge in [0.15, 0.2) is 0 Å². The third kappa shape index (κ3) is 5.31. The van der Waals surface area contributed by atoms with Crippen molar-refractivity contribution in [3.05, 3.63) is 82.1 Å². The lowest BCUT2D eigenvalue weighted by molar-refractivity contribution is -0.111. The molecule has 0 spiro atoms. The standard InChI is InChI=1S/C21H20N2O3S2/c1-15-12-16(2)14-18(13-15)23-28(25,26)20-8-5-17(6-9-20)22-21(24)10-7-19-4-3-11-27-19/h3-14,23H,1-2H3,(H,22,24). The lowest BCUT2D eigenvalue weighted by atomic mass is 10.1. The predicted molar refractivity (Wildman–Crippen MR) is 115 cm³/mol. The molecule has 0 aliphatic rings. The maximum absolute atomic E-state index is 12.6. The number of hydrogen-bond acceptors (Lipinski definition) is 4. The van der Waals surface area contributed by atoms with Crippen LogP contribution in [0.3, 0.4) is 0 Å². The molecule has 2 aromatic carbocycles. The van der Waals surface area contributed by atoms with Gasteiger partial charge in [-0.05, 0) is 78.9 Å². The first-order chi connectivity index (χ1) is 13.3. The van der Waals surface area contributed by atoms with Gasteiger partial charge in [-0.1, -0.05) is 12.1 Å². The first-order valence-corrected chi connectivity index (χ1v) is 10.9. The number of hydrogen-bond donors (Lipinski definition) is 2. The third-order valence-corrected chi connectivity index (χ3v) is 6.08. The molecule has 144 valence electrons. The maximum atomic E-state index is 12.6. The molecule has 0 fully saturated rings. The van der Waals surface area contributed by atoms with Crippen molar-refractivity contribution in [3.8, 4) is 0 Å². The van der Waals surface area contributed by atoms with Crippen LogP contribution in [0.25, 0.3) is 6.08 Å². The molecule has 28 heavy (non-hydrogen) atoms. The van der Waals surface area contributed by atoms with Crippen molar-refractivity contribution >= 4 is 44.7 Å². The van der Waals surface area contributed by atoms with Crippen LogP contribution in [0.2, 0.25) is 0 Å². The van der Waals surface area contributed by atoms with Crippen molar-refractivity contribution < 1.29 is 13.2 Å². The second-order valence-electron chi connectivity index (χ2n) is 6.34. The molecule has 5 nitrogen and oxygen atoms in total. The van der Waals surface area contributed by atoms with Crippen molar-refractivity contribution in [3.63, 3.8) is 0 Å². The summed E-state index contributed by atoms with van der Waals surface area (Å²) in [5, 5.41) is 4.64. The Morgan fingerprint density at radius 1 is 0.964 bits per heavy atom. The number of carbonyl (C=O) groups excluding carboxylic acids is 1. The lowest BCUT2D eigenvalue weighted by Gasteiger charge is -2.10.